The van der Waals surface area contributed by atoms with Crippen LogP contribution in [0.2, 0.25) is 0 Å². The number of hydrogen-bond donors (Lipinski definition) is 2. The maximum Gasteiger partial charge on any atom is 0.416 e. The van der Waals surface area contributed by atoms with Crippen molar-refractivity contribution >= 4 is 12.0 Å². The number of amides is 2. The molecule has 0 unspecified atom stereocenters. The molecule has 0 saturated carbocycles. The van der Waals surface area contributed by atoms with Gasteiger partial charge in [-0.2, -0.15) is 0 Å². The summed E-state index contributed by atoms with van der Waals surface area (Å²) in [6, 6.07) is 9.19. The highest BCUT2D eigenvalue weighted by atomic mass is 16.6. The number of aliphatic hydroxyl groups is 2. The van der Waals surface area contributed by atoms with Gasteiger partial charge in [-0.15, -0.1) is 0 Å². The van der Waals surface area contributed by atoms with E-state index in [1.807, 2.05) is 37.3 Å². The maximum absolute atomic E-state index is 12.8. The Morgan fingerprint density at radius 2 is 1.92 bits per heavy atom. The van der Waals surface area contributed by atoms with Crippen LogP contribution >= 0.6 is 0 Å². The van der Waals surface area contributed by atoms with Gasteiger partial charge in [-0.1, -0.05) is 51.1 Å². The first-order valence-electron chi connectivity index (χ1n) is 8.76. The number of ether oxygens (including phenoxy) is 1. The van der Waals surface area contributed by atoms with Gasteiger partial charge in [0.2, 0.25) is 5.91 Å². The third kappa shape index (κ3) is 4.38. The normalized spacial score (nSPS) is 22.2. The molecule has 0 aromatic heterocycles. The number of carbonyl (C=O) groups excluding carboxylic acids is 2. The summed E-state index contributed by atoms with van der Waals surface area (Å²) in [5, 5.41) is 20.3. The van der Waals surface area contributed by atoms with E-state index < -0.39 is 36.0 Å². The van der Waals surface area contributed by atoms with Gasteiger partial charge in [0, 0.05) is 5.92 Å². The zero-order valence-electron chi connectivity index (χ0n) is 15.0. The maximum atomic E-state index is 12.8. The third-order valence-electron chi connectivity index (χ3n) is 4.98. The molecule has 0 radical (unpaired) electrons. The predicted molar refractivity (Wildman–Crippen MR) is 92.8 cm³/mol. The van der Waals surface area contributed by atoms with Crippen LogP contribution in [0.15, 0.2) is 30.3 Å². The highest BCUT2D eigenvalue weighted by Gasteiger charge is 2.42. The number of cyclic esters (lactones) is 1. The van der Waals surface area contributed by atoms with Crippen LogP contribution in [0.5, 0.6) is 0 Å². The number of hydrogen-bond acceptors (Lipinski definition) is 5. The van der Waals surface area contributed by atoms with Crippen molar-refractivity contribution in [1.29, 1.82) is 0 Å². The summed E-state index contributed by atoms with van der Waals surface area (Å²) in [5.41, 5.74) is 1.01. The van der Waals surface area contributed by atoms with Gasteiger partial charge in [-0.05, 0) is 18.4 Å². The van der Waals surface area contributed by atoms with E-state index in [-0.39, 0.29) is 12.6 Å². The number of nitrogens with zero attached hydrogens (tertiary/aromatic N) is 1. The summed E-state index contributed by atoms with van der Waals surface area (Å²) < 4.78 is 5.07. The summed E-state index contributed by atoms with van der Waals surface area (Å²) in [4.78, 5) is 26.0. The van der Waals surface area contributed by atoms with Gasteiger partial charge in [0.25, 0.3) is 0 Å². The van der Waals surface area contributed by atoms with Crippen molar-refractivity contribution in [2.24, 2.45) is 11.8 Å². The van der Waals surface area contributed by atoms with Gasteiger partial charge in [0.1, 0.15) is 6.61 Å². The van der Waals surface area contributed by atoms with Gasteiger partial charge >= 0.3 is 6.09 Å². The molecule has 1 aliphatic heterocycles. The van der Waals surface area contributed by atoms with E-state index >= 15 is 0 Å². The fourth-order valence-corrected chi connectivity index (χ4v) is 3.19. The van der Waals surface area contributed by atoms with Crippen LogP contribution < -0.4 is 0 Å². The largest absolute Gasteiger partial charge is 0.447 e. The van der Waals surface area contributed by atoms with Crippen molar-refractivity contribution in [2.75, 3.05) is 6.61 Å². The molecule has 1 fully saturated rings. The SMILES string of the molecule is CC[C@@H](O)[C@H](C)[C@H](O)[C@@H](C)C(=O)N1C(=O)OC[C@H]1Cc1ccccc1. The van der Waals surface area contributed by atoms with Gasteiger partial charge in [-0.25, -0.2) is 9.69 Å². The second-order valence-electron chi connectivity index (χ2n) is 6.74. The lowest BCUT2D eigenvalue weighted by Gasteiger charge is -2.30. The van der Waals surface area contributed by atoms with Gasteiger partial charge in [-0.3, -0.25) is 4.79 Å². The zero-order valence-corrected chi connectivity index (χ0v) is 15.0. The monoisotopic (exact) mass is 349 g/mol. The molecule has 1 aromatic rings. The Morgan fingerprint density at radius 1 is 1.28 bits per heavy atom. The molecule has 2 N–H and O–H groups in total. The van der Waals surface area contributed by atoms with Crippen LogP contribution in [0.25, 0.3) is 0 Å². The number of imide groups is 1. The molecule has 0 spiro atoms. The topological polar surface area (TPSA) is 87.1 Å². The fraction of sp³-hybridized carbons (Fsp3) is 0.579. The molecule has 5 atom stereocenters. The molecule has 1 aliphatic rings. The first-order valence-corrected chi connectivity index (χ1v) is 8.76. The smallest absolute Gasteiger partial charge is 0.416 e. The first kappa shape index (κ1) is 19.4. The molecule has 2 amide bonds. The van der Waals surface area contributed by atoms with Gasteiger partial charge in [0.05, 0.1) is 24.2 Å². The van der Waals surface area contributed by atoms with Crippen molar-refractivity contribution in [1.82, 2.24) is 4.90 Å². The number of aliphatic hydroxyl groups excluding tert-OH is 2. The lowest BCUT2D eigenvalue weighted by Crippen LogP contribution is -2.48. The lowest BCUT2D eigenvalue weighted by atomic mass is 9.87. The quantitative estimate of drug-likeness (QED) is 0.786. The molecule has 138 valence electrons. The molecule has 0 bridgehead atoms. The highest BCUT2D eigenvalue weighted by Crippen LogP contribution is 2.24. The summed E-state index contributed by atoms with van der Waals surface area (Å²) in [5.74, 6) is -1.73. The highest BCUT2D eigenvalue weighted by molar-refractivity contribution is 5.95. The van der Waals surface area contributed by atoms with Crippen molar-refractivity contribution in [2.45, 2.75) is 51.9 Å². The summed E-state index contributed by atoms with van der Waals surface area (Å²) in [6.07, 6.45) is -1.41. The van der Waals surface area contributed by atoms with Crippen molar-refractivity contribution < 1.29 is 24.5 Å². The standard InChI is InChI=1S/C19H27NO5/c1-4-16(21)12(2)17(22)13(3)18(23)20-15(11-25-19(20)24)10-14-8-6-5-7-9-14/h5-9,12-13,15-17,21-22H,4,10-11H2,1-3H3/t12-,13+,15+,16+,17-/m0/s1. The summed E-state index contributed by atoms with van der Waals surface area (Å²) >= 11 is 0. The van der Waals surface area contributed by atoms with Gasteiger partial charge < -0.3 is 14.9 Å². The minimum atomic E-state index is -1.03. The average Bonchev–Trinajstić information content (AvgIpc) is 2.99. The summed E-state index contributed by atoms with van der Waals surface area (Å²) in [6.45, 7) is 5.24. The second-order valence-corrected chi connectivity index (χ2v) is 6.74. The Kier molecular flexibility index (Phi) is 6.56. The van der Waals surface area contributed by atoms with Crippen molar-refractivity contribution in [3.63, 3.8) is 0 Å². The van der Waals surface area contributed by atoms with E-state index in [2.05, 4.69) is 0 Å². The molecular formula is C19H27NO5. The minimum Gasteiger partial charge on any atom is -0.447 e. The van der Waals surface area contributed by atoms with Crippen LogP contribution in [0.4, 0.5) is 4.79 Å². The van der Waals surface area contributed by atoms with E-state index in [0.717, 1.165) is 10.5 Å². The average molecular weight is 349 g/mol. The molecule has 25 heavy (non-hydrogen) atoms. The van der Waals surface area contributed by atoms with E-state index in [1.165, 1.54) is 0 Å². The van der Waals surface area contributed by atoms with E-state index in [1.54, 1.807) is 13.8 Å². The van der Waals surface area contributed by atoms with Crippen LogP contribution in [0.3, 0.4) is 0 Å². The van der Waals surface area contributed by atoms with Crippen molar-refractivity contribution in [3.8, 4) is 0 Å². The van der Waals surface area contributed by atoms with Crippen LogP contribution in [-0.2, 0) is 16.0 Å². The molecular weight excluding hydrogens is 322 g/mol. The lowest BCUT2D eigenvalue weighted by molar-refractivity contribution is -0.138. The predicted octanol–water partition coefficient (Wildman–Crippen LogP) is 1.98. The minimum absolute atomic E-state index is 0.148. The number of carbonyl (C=O) groups is 2. The molecule has 0 aliphatic carbocycles. The van der Waals surface area contributed by atoms with E-state index in [0.29, 0.717) is 12.8 Å². The van der Waals surface area contributed by atoms with Crippen LogP contribution in [0.1, 0.15) is 32.8 Å². The zero-order chi connectivity index (χ0) is 18.6. The first-order chi connectivity index (χ1) is 11.9. The van der Waals surface area contributed by atoms with Crippen molar-refractivity contribution in [3.05, 3.63) is 35.9 Å². The molecule has 1 saturated heterocycles. The number of rotatable bonds is 7. The fourth-order valence-electron chi connectivity index (χ4n) is 3.19. The third-order valence-corrected chi connectivity index (χ3v) is 4.98. The molecule has 6 nitrogen and oxygen atoms in total. The van der Waals surface area contributed by atoms with E-state index in [9.17, 15) is 19.8 Å². The Bertz CT molecular complexity index is 591. The molecule has 6 heteroatoms. The Balaban J connectivity index is 2.10. The molecule has 2 rings (SSSR count). The number of benzene rings is 1. The molecule has 1 aromatic carbocycles. The van der Waals surface area contributed by atoms with Crippen LogP contribution in [0, 0.1) is 11.8 Å². The van der Waals surface area contributed by atoms with Crippen LogP contribution in [-0.4, -0.2) is 52.0 Å². The second kappa shape index (κ2) is 8.45. The molecule has 1 heterocycles. The van der Waals surface area contributed by atoms with E-state index in [4.69, 9.17) is 4.74 Å². The Hall–Kier alpha value is -1.92. The Labute approximate surface area is 148 Å². The Morgan fingerprint density at radius 3 is 2.52 bits per heavy atom. The van der Waals surface area contributed by atoms with Gasteiger partial charge in [0.15, 0.2) is 0 Å². The summed E-state index contributed by atoms with van der Waals surface area (Å²) in [7, 11) is 0.